The van der Waals surface area contributed by atoms with Crippen molar-refractivity contribution in [1.29, 1.82) is 0 Å². The molecule has 0 aromatic rings. The van der Waals surface area contributed by atoms with Gasteiger partial charge in [-0.1, -0.05) is 20.8 Å². The maximum atomic E-state index is 14.3. The van der Waals surface area contributed by atoms with Crippen LogP contribution in [0.3, 0.4) is 0 Å². The van der Waals surface area contributed by atoms with Crippen LogP contribution in [0.5, 0.6) is 0 Å². The summed E-state index contributed by atoms with van der Waals surface area (Å²) < 4.78 is 36.9. The topological polar surface area (TPSA) is 180 Å². The van der Waals surface area contributed by atoms with Crippen LogP contribution in [0.25, 0.3) is 0 Å². The van der Waals surface area contributed by atoms with E-state index in [4.69, 9.17) is 28.4 Å². The number of nitrogens with zero attached hydrogens (tertiary/aromatic N) is 2. The van der Waals surface area contributed by atoms with Crippen molar-refractivity contribution in [2.24, 2.45) is 22.7 Å². The number of rotatable bonds is 6. The van der Waals surface area contributed by atoms with Crippen LogP contribution < -0.4 is 0 Å². The highest BCUT2D eigenvalue weighted by molar-refractivity contribution is 6.00. The average Bonchev–Trinajstić information content (AvgIpc) is 3.06. The van der Waals surface area contributed by atoms with Crippen LogP contribution in [0, 0.1) is 17.8 Å². The van der Waals surface area contributed by atoms with Gasteiger partial charge in [0, 0.05) is 37.1 Å². The molecule has 0 aromatic heterocycles. The summed E-state index contributed by atoms with van der Waals surface area (Å²) in [5, 5.41) is 23.6. The first-order valence-electron chi connectivity index (χ1n) is 18.1. The summed E-state index contributed by atoms with van der Waals surface area (Å²) in [6.07, 6.45) is -3.85. The lowest BCUT2D eigenvalue weighted by molar-refractivity contribution is -0.296. The van der Waals surface area contributed by atoms with Crippen LogP contribution in [0.4, 0.5) is 0 Å². The lowest BCUT2D eigenvalue weighted by Crippen LogP contribution is -2.59. The minimum Gasteiger partial charge on any atom is -0.463 e. The third-order valence-corrected chi connectivity index (χ3v) is 10.4. The Kier molecular flexibility index (Phi) is 15.1. The van der Waals surface area contributed by atoms with E-state index >= 15 is 0 Å². The highest BCUT2D eigenvalue weighted by atomic mass is 16.7. The van der Waals surface area contributed by atoms with Crippen LogP contribution >= 0.6 is 0 Å². The maximum Gasteiger partial charge on any atom is 0.330 e. The number of aliphatic hydroxyl groups is 2. The Morgan fingerprint density at radius 3 is 2.35 bits per heavy atom. The van der Waals surface area contributed by atoms with Gasteiger partial charge >= 0.3 is 11.9 Å². The molecule has 1 amide bonds. The lowest BCUT2D eigenvalue weighted by Gasteiger charge is -2.47. The highest BCUT2D eigenvalue weighted by Gasteiger charge is 2.51. The van der Waals surface area contributed by atoms with E-state index in [1.807, 2.05) is 32.8 Å². The van der Waals surface area contributed by atoms with Crippen LogP contribution in [-0.4, -0.2) is 132 Å². The van der Waals surface area contributed by atoms with Crippen LogP contribution in [0.1, 0.15) is 88.0 Å². The number of aliphatic hydroxyl groups excluding tert-OH is 1. The minimum atomic E-state index is -1.83. The fourth-order valence-electron chi connectivity index (χ4n) is 7.42. The molecule has 51 heavy (non-hydrogen) atoms. The van der Waals surface area contributed by atoms with E-state index in [9.17, 15) is 29.4 Å². The number of aliphatic imine (C=N–C) groups is 1. The Morgan fingerprint density at radius 1 is 1.10 bits per heavy atom. The van der Waals surface area contributed by atoms with Crippen molar-refractivity contribution in [2.45, 2.75) is 142 Å². The molecule has 0 aliphatic carbocycles. The van der Waals surface area contributed by atoms with Gasteiger partial charge in [0.25, 0.3) is 0 Å². The number of amides is 1. The van der Waals surface area contributed by atoms with Crippen LogP contribution in [0.2, 0.25) is 0 Å². The number of hydrogen-bond donors (Lipinski definition) is 2. The van der Waals surface area contributed by atoms with Crippen molar-refractivity contribution in [3.8, 4) is 0 Å². The number of hydrogen-bond acceptors (Lipinski definition) is 13. The Balaban J connectivity index is 2.33. The summed E-state index contributed by atoms with van der Waals surface area (Å²) in [7, 11) is 3.70. The number of carbonyl (C=O) groups excluding carboxylic acids is 4. The molecule has 0 saturated carbocycles. The van der Waals surface area contributed by atoms with E-state index in [0.717, 1.165) is 0 Å². The standard InChI is InChI=1S/C37H60N2O12/c1-12-28-37(9,45)29-16-26(38-24(7)40)20(3)17-36(8,48-19-25(18-47-29)15-30(41)46-13-2)33(22(5)31(42)23(6)34(44)50-28)51-35-32(43)27(39(10)11)14-21(4)49-35/h15,20-23,27-29,32-33,35,43,45H,12-14,16-19H2,1-11H3/b25-15-,38-26?/t20-,21-,22+,23-,27+,28-,29-,32-,33-,35+,36-,37-/m1/s1. The van der Waals surface area contributed by atoms with Gasteiger partial charge in [-0.3, -0.25) is 14.4 Å². The molecule has 0 radical (unpaired) electrons. The molecule has 290 valence electrons. The normalized spacial score (nSPS) is 40.7. The van der Waals surface area contributed by atoms with Gasteiger partial charge in [-0.05, 0) is 79.5 Å². The molecule has 14 nitrogen and oxygen atoms in total. The monoisotopic (exact) mass is 724 g/mol. The quantitative estimate of drug-likeness (QED) is 0.232. The molecule has 3 rings (SSSR count). The van der Waals surface area contributed by atoms with Gasteiger partial charge in [-0.2, -0.15) is 0 Å². The lowest BCUT2D eigenvalue weighted by atomic mass is 9.76. The van der Waals surface area contributed by atoms with E-state index in [-0.39, 0.29) is 51.2 Å². The van der Waals surface area contributed by atoms with Gasteiger partial charge in [0.2, 0.25) is 5.91 Å². The number of esters is 2. The van der Waals surface area contributed by atoms with E-state index in [1.165, 1.54) is 26.8 Å². The van der Waals surface area contributed by atoms with Crippen molar-refractivity contribution in [3.63, 3.8) is 0 Å². The number of Topliss-reactive ketones (excluding diaryl/α,β-unsaturated/α-hetero) is 1. The number of ketones is 1. The zero-order valence-electron chi connectivity index (χ0n) is 32.2. The molecule has 0 unspecified atom stereocenters. The predicted molar refractivity (Wildman–Crippen MR) is 187 cm³/mol. The Hall–Kier alpha value is -2.59. The zero-order valence-corrected chi connectivity index (χ0v) is 32.2. The molecular weight excluding hydrogens is 664 g/mol. The SMILES string of the molecule is CCOC(=O)/C=C1/CO[C@@H]2CC(=NC(C)=O)[C@H](C)C[C@@](C)(OC1)[C@H](O[C@@H]1O[C@H](C)C[C@H](N(C)C)[C@H]1O)[C@@H](C)C(=O)[C@@H](C)C(=O)O[C@H](CC)[C@@]2(C)O. The van der Waals surface area contributed by atoms with Crippen molar-refractivity contribution >= 4 is 29.3 Å². The van der Waals surface area contributed by atoms with E-state index in [0.29, 0.717) is 17.7 Å². The number of ether oxygens (including phenoxy) is 6. The molecule has 0 spiro atoms. The van der Waals surface area contributed by atoms with Gasteiger partial charge in [0.05, 0.1) is 43.7 Å². The van der Waals surface area contributed by atoms with Gasteiger partial charge in [-0.25, -0.2) is 9.79 Å². The second-order valence-corrected chi connectivity index (χ2v) is 15.0. The van der Waals surface area contributed by atoms with Gasteiger partial charge < -0.3 is 43.5 Å². The van der Waals surface area contributed by atoms with Gasteiger partial charge in [0.1, 0.15) is 23.7 Å². The molecule has 3 heterocycles. The molecule has 3 aliphatic heterocycles. The Bertz CT molecular complexity index is 1310. The fraction of sp³-hybridized carbons (Fsp3) is 0.811. The molecule has 3 aliphatic rings. The van der Waals surface area contributed by atoms with E-state index < -0.39 is 83.3 Å². The number of likely N-dealkylation sites (N-methyl/N-ethyl adjacent to an activating group) is 1. The second-order valence-electron chi connectivity index (χ2n) is 15.0. The first-order chi connectivity index (χ1) is 23.7. The van der Waals surface area contributed by atoms with Crippen LogP contribution in [-0.2, 0) is 47.6 Å². The van der Waals surface area contributed by atoms with Gasteiger partial charge in [0.15, 0.2) is 12.1 Å². The number of carbonyl (C=O) groups is 4. The molecule has 12 atom stereocenters. The summed E-state index contributed by atoms with van der Waals surface area (Å²) in [6.45, 7) is 14.5. The smallest absolute Gasteiger partial charge is 0.330 e. The van der Waals surface area contributed by atoms with Crippen molar-refractivity contribution in [2.75, 3.05) is 33.9 Å². The third-order valence-electron chi connectivity index (χ3n) is 10.4. The number of cyclic esters (lactones) is 1. The molecule has 3 saturated heterocycles. The number of fused-ring (bicyclic) bond motifs is 5. The summed E-state index contributed by atoms with van der Waals surface area (Å²) in [6, 6.07) is -0.321. The average molecular weight is 725 g/mol. The first-order valence-corrected chi connectivity index (χ1v) is 18.1. The molecule has 0 aromatic carbocycles. The molecule has 3 fully saturated rings. The largest absolute Gasteiger partial charge is 0.463 e. The van der Waals surface area contributed by atoms with E-state index in [1.54, 1.807) is 27.7 Å². The van der Waals surface area contributed by atoms with Crippen molar-refractivity contribution < 1.29 is 57.8 Å². The van der Waals surface area contributed by atoms with Crippen LogP contribution in [0.15, 0.2) is 16.6 Å². The highest BCUT2D eigenvalue weighted by Crippen LogP contribution is 2.39. The Labute approximate surface area is 302 Å². The van der Waals surface area contributed by atoms with Crippen molar-refractivity contribution in [3.05, 3.63) is 11.6 Å². The summed E-state index contributed by atoms with van der Waals surface area (Å²) >= 11 is 0. The molecule has 14 heteroatoms. The third kappa shape index (κ3) is 10.5. The second kappa shape index (κ2) is 18.0. The van der Waals surface area contributed by atoms with Gasteiger partial charge in [-0.15, -0.1) is 0 Å². The predicted octanol–water partition coefficient (Wildman–Crippen LogP) is 2.79. The first kappa shape index (κ1) is 42.8. The Morgan fingerprint density at radius 2 is 1.76 bits per heavy atom. The minimum absolute atomic E-state index is 0.0351. The molecule has 2 bridgehead atoms. The maximum absolute atomic E-state index is 14.3. The summed E-state index contributed by atoms with van der Waals surface area (Å²) in [5.74, 6) is -5.23. The van der Waals surface area contributed by atoms with E-state index in [2.05, 4.69) is 4.99 Å². The fourth-order valence-corrected chi connectivity index (χ4v) is 7.42. The van der Waals surface area contributed by atoms with Crippen molar-refractivity contribution in [1.82, 2.24) is 4.90 Å². The molecule has 2 N–H and O–H groups in total. The zero-order chi connectivity index (χ0) is 38.4. The molecular formula is C37H60N2O12. The summed E-state index contributed by atoms with van der Waals surface area (Å²) in [4.78, 5) is 59.5. The summed E-state index contributed by atoms with van der Waals surface area (Å²) in [5.41, 5.74) is -2.46.